The number of rotatable bonds is 4. The average Bonchev–Trinajstić information content (AvgIpc) is 2.35. The number of carbonyl (C=O) groups excluding carboxylic acids is 1. The number of amides is 1. The van der Waals surface area contributed by atoms with Crippen LogP contribution >= 0.6 is 11.6 Å². The zero-order chi connectivity index (χ0) is 16.9. The van der Waals surface area contributed by atoms with Crippen LogP contribution in [-0.4, -0.2) is 28.8 Å². The van der Waals surface area contributed by atoms with Crippen LogP contribution in [0.2, 0.25) is 5.02 Å². The largest absolute Gasteiger partial charge is 0.480 e. The fourth-order valence-electron chi connectivity index (χ4n) is 1.71. The Morgan fingerprint density at radius 3 is 2.59 bits per heavy atom. The van der Waals surface area contributed by atoms with Crippen molar-refractivity contribution in [3.05, 3.63) is 34.3 Å². The van der Waals surface area contributed by atoms with Gasteiger partial charge in [0.05, 0.1) is 11.6 Å². The second-order valence-electron chi connectivity index (χ2n) is 5.65. The maximum absolute atomic E-state index is 11.7. The third kappa shape index (κ3) is 5.62. The van der Waals surface area contributed by atoms with Crippen molar-refractivity contribution >= 4 is 23.7 Å². The van der Waals surface area contributed by atoms with Crippen LogP contribution < -0.4 is 5.32 Å². The van der Waals surface area contributed by atoms with E-state index in [1.165, 1.54) is 12.1 Å². The number of halogens is 1. The molecule has 0 unspecified atom stereocenters. The van der Waals surface area contributed by atoms with Crippen molar-refractivity contribution in [3.8, 4) is 6.07 Å². The van der Waals surface area contributed by atoms with Crippen molar-refractivity contribution < 1.29 is 19.4 Å². The molecule has 118 valence electrons. The number of carbonyl (C=O) groups is 2. The van der Waals surface area contributed by atoms with Gasteiger partial charge in [-0.25, -0.2) is 9.59 Å². The Labute approximate surface area is 133 Å². The maximum Gasteiger partial charge on any atom is 0.408 e. The molecule has 0 aliphatic carbocycles. The molecule has 0 aliphatic rings. The number of carboxylic acid groups (broad SMARTS) is 1. The molecule has 1 rings (SSSR count). The van der Waals surface area contributed by atoms with Gasteiger partial charge in [-0.05, 0) is 44.5 Å². The number of nitrogens with zero attached hydrogens (tertiary/aromatic N) is 1. The number of nitriles is 1. The SMILES string of the molecule is CC(C)(C)OC(=O)N[C@@H](Cc1cc(Cl)ccc1C#N)C(=O)O. The minimum atomic E-state index is -1.23. The molecule has 0 saturated heterocycles. The first-order valence-electron chi connectivity index (χ1n) is 6.53. The summed E-state index contributed by atoms with van der Waals surface area (Å²) >= 11 is 5.86. The van der Waals surface area contributed by atoms with E-state index in [0.717, 1.165) is 0 Å². The number of ether oxygens (including phenoxy) is 1. The lowest BCUT2D eigenvalue weighted by molar-refractivity contribution is -0.139. The highest BCUT2D eigenvalue weighted by Crippen LogP contribution is 2.17. The van der Waals surface area contributed by atoms with Crippen LogP contribution in [0.25, 0.3) is 0 Å². The molecule has 0 spiro atoms. The molecule has 0 heterocycles. The fraction of sp³-hybridized carbons (Fsp3) is 0.400. The van der Waals surface area contributed by atoms with Crippen LogP contribution in [0.3, 0.4) is 0 Å². The Hall–Kier alpha value is -2.26. The van der Waals surface area contributed by atoms with E-state index < -0.39 is 23.7 Å². The molecule has 2 N–H and O–H groups in total. The molecule has 1 aromatic carbocycles. The normalized spacial score (nSPS) is 12.1. The molecular formula is C15H17ClN2O4. The van der Waals surface area contributed by atoms with E-state index in [4.69, 9.17) is 21.6 Å². The molecule has 1 amide bonds. The summed E-state index contributed by atoms with van der Waals surface area (Å²) in [5.74, 6) is -1.23. The molecule has 6 nitrogen and oxygen atoms in total. The van der Waals surface area contributed by atoms with Crippen molar-refractivity contribution in [2.45, 2.75) is 38.8 Å². The summed E-state index contributed by atoms with van der Waals surface area (Å²) in [5.41, 5.74) is 0.0150. The molecule has 1 aromatic rings. The predicted molar refractivity (Wildman–Crippen MR) is 80.7 cm³/mol. The quantitative estimate of drug-likeness (QED) is 0.887. The second-order valence-corrected chi connectivity index (χ2v) is 6.09. The highest BCUT2D eigenvalue weighted by molar-refractivity contribution is 6.30. The number of hydrogen-bond acceptors (Lipinski definition) is 4. The highest BCUT2D eigenvalue weighted by Gasteiger charge is 2.25. The monoisotopic (exact) mass is 324 g/mol. The van der Waals surface area contributed by atoms with E-state index in [9.17, 15) is 14.7 Å². The van der Waals surface area contributed by atoms with Crippen molar-refractivity contribution in [2.24, 2.45) is 0 Å². The Bertz CT molecular complexity index is 617. The molecule has 7 heteroatoms. The summed E-state index contributed by atoms with van der Waals surface area (Å²) in [4.78, 5) is 23.0. The van der Waals surface area contributed by atoms with Crippen LogP contribution in [0, 0.1) is 11.3 Å². The number of hydrogen-bond donors (Lipinski definition) is 2. The van der Waals surface area contributed by atoms with Gasteiger partial charge in [0.25, 0.3) is 0 Å². The van der Waals surface area contributed by atoms with Crippen molar-refractivity contribution in [3.63, 3.8) is 0 Å². The summed E-state index contributed by atoms with van der Waals surface area (Å²) in [6.45, 7) is 5.02. The number of nitrogens with one attached hydrogen (secondary N) is 1. The molecule has 0 saturated carbocycles. The molecular weight excluding hydrogens is 308 g/mol. The Morgan fingerprint density at radius 2 is 2.09 bits per heavy atom. The van der Waals surface area contributed by atoms with Gasteiger partial charge >= 0.3 is 12.1 Å². The predicted octanol–water partition coefficient (Wildman–Crippen LogP) is 2.73. The molecule has 0 radical (unpaired) electrons. The Balaban J connectivity index is 2.90. The van der Waals surface area contributed by atoms with Crippen LogP contribution in [0.15, 0.2) is 18.2 Å². The molecule has 0 bridgehead atoms. The lowest BCUT2D eigenvalue weighted by Gasteiger charge is -2.22. The standard InChI is InChI=1S/C15H17ClN2O4/c1-15(2,3)22-14(21)18-12(13(19)20)7-10-6-11(16)5-4-9(10)8-17/h4-6,12H,7H2,1-3H3,(H,18,21)(H,19,20)/t12-/m0/s1. The van der Waals surface area contributed by atoms with E-state index in [1.807, 2.05) is 6.07 Å². The first-order chi connectivity index (χ1) is 10.1. The van der Waals surface area contributed by atoms with E-state index in [-0.39, 0.29) is 6.42 Å². The van der Waals surface area contributed by atoms with Crippen LogP contribution in [-0.2, 0) is 16.0 Å². The zero-order valence-corrected chi connectivity index (χ0v) is 13.3. The number of carboxylic acids is 1. The zero-order valence-electron chi connectivity index (χ0n) is 12.5. The number of aliphatic carboxylic acids is 1. The molecule has 0 aromatic heterocycles. The van der Waals surface area contributed by atoms with Gasteiger partial charge in [-0.15, -0.1) is 0 Å². The first-order valence-corrected chi connectivity index (χ1v) is 6.91. The van der Waals surface area contributed by atoms with Crippen molar-refractivity contribution in [2.75, 3.05) is 0 Å². The van der Waals surface area contributed by atoms with Crippen LogP contribution in [0.5, 0.6) is 0 Å². The van der Waals surface area contributed by atoms with E-state index >= 15 is 0 Å². The molecule has 22 heavy (non-hydrogen) atoms. The number of benzene rings is 1. The minimum absolute atomic E-state index is 0.0714. The summed E-state index contributed by atoms with van der Waals surface area (Å²) in [6, 6.07) is 5.29. The van der Waals surface area contributed by atoms with E-state index in [2.05, 4.69) is 5.32 Å². The van der Waals surface area contributed by atoms with Gasteiger partial charge in [0.1, 0.15) is 11.6 Å². The van der Waals surface area contributed by atoms with Crippen molar-refractivity contribution in [1.82, 2.24) is 5.32 Å². The van der Waals surface area contributed by atoms with Gasteiger partial charge < -0.3 is 15.2 Å². The smallest absolute Gasteiger partial charge is 0.408 e. The van der Waals surface area contributed by atoms with E-state index in [1.54, 1.807) is 26.8 Å². The van der Waals surface area contributed by atoms with Gasteiger partial charge in [-0.2, -0.15) is 5.26 Å². The minimum Gasteiger partial charge on any atom is -0.480 e. The van der Waals surface area contributed by atoms with Gasteiger partial charge in [0.2, 0.25) is 0 Å². The molecule has 1 atom stereocenters. The second kappa shape index (κ2) is 7.14. The Morgan fingerprint density at radius 1 is 1.45 bits per heavy atom. The molecule has 0 aliphatic heterocycles. The van der Waals surface area contributed by atoms with Crippen LogP contribution in [0.4, 0.5) is 4.79 Å². The summed E-state index contributed by atoms with van der Waals surface area (Å²) < 4.78 is 5.03. The molecule has 0 fully saturated rings. The highest BCUT2D eigenvalue weighted by atomic mass is 35.5. The van der Waals surface area contributed by atoms with Gasteiger partial charge in [0, 0.05) is 11.4 Å². The van der Waals surface area contributed by atoms with Gasteiger partial charge in [0.15, 0.2) is 0 Å². The number of alkyl carbamates (subject to hydrolysis) is 1. The van der Waals surface area contributed by atoms with E-state index in [0.29, 0.717) is 16.1 Å². The summed E-state index contributed by atoms with van der Waals surface area (Å²) in [5, 5.41) is 20.9. The summed E-state index contributed by atoms with van der Waals surface area (Å²) in [6.07, 6.45) is -0.904. The maximum atomic E-state index is 11.7. The third-order valence-electron chi connectivity index (χ3n) is 2.60. The Kier molecular flexibility index (Phi) is 5.77. The lowest BCUT2D eigenvalue weighted by Crippen LogP contribution is -2.44. The van der Waals surface area contributed by atoms with Crippen LogP contribution in [0.1, 0.15) is 31.9 Å². The topological polar surface area (TPSA) is 99.4 Å². The third-order valence-corrected chi connectivity index (χ3v) is 2.84. The first kappa shape index (κ1) is 17.8. The van der Waals surface area contributed by atoms with Crippen molar-refractivity contribution in [1.29, 1.82) is 5.26 Å². The fourth-order valence-corrected chi connectivity index (χ4v) is 1.90. The lowest BCUT2D eigenvalue weighted by atomic mass is 10.0. The van der Waals surface area contributed by atoms with Gasteiger partial charge in [-0.3, -0.25) is 0 Å². The average molecular weight is 325 g/mol. The summed E-state index contributed by atoms with van der Waals surface area (Å²) in [7, 11) is 0. The van der Waals surface area contributed by atoms with Gasteiger partial charge in [-0.1, -0.05) is 11.6 Å².